The monoisotopic (exact) mass is 871 g/mol. The summed E-state index contributed by atoms with van der Waals surface area (Å²) in [7, 11) is -4.56. The normalized spacial score (nSPS) is 14.9. The molecule has 0 aromatic heterocycles. The Morgan fingerprint density at radius 1 is 0.790 bits per heavy atom. The predicted octanol–water partition coefficient (Wildman–Crippen LogP) is 9.65. The van der Waals surface area contributed by atoms with Crippen molar-refractivity contribution >= 4 is 44.6 Å². The number of hydrogen-bond acceptors (Lipinski definition) is 10. The van der Waals surface area contributed by atoms with E-state index in [1.165, 1.54) is 17.7 Å². The zero-order valence-corrected chi connectivity index (χ0v) is 35.5. The first-order chi connectivity index (χ1) is 30.1. The number of benzene rings is 6. The Kier molecular flexibility index (Phi) is 13.1. The average molecular weight is 872 g/mol. The molecule has 2 fully saturated rings. The number of nitrogens with zero attached hydrogens (tertiary/aromatic N) is 3. The van der Waals surface area contributed by atoms with Gasteiger partial charge in [-0.05, 0) is 95.1 Å². The molecule has 1 amide bonds. The highest BCUT2D eigenvalue weighted by molar-refractivity contribution is 7.90. The summed E-state index contributed by atoms with van der Waals surface area (Å²) in [4.78, 5) is 29.7. The molecule has 14 heteroatoms. The Morgan fingerprint density at radius 2 is 1.52 bits per heavy atom. The number of amides is 1. The molecule has 0 aliphatic carbocycles. The van der Waals surface area contributed by atoms with Crippen LogP contribution >= 0.6 is 11.6 Å². The van der Waals surface area contributed by atoms with Gasteiger partial charge in [0, 0.05) is 75.3 Å². The molecular weight excluding hydrogens is 826 g/mol. The lowest BCUT2D eigenvalue weighted by molar-refractivity contribution is -0.384. The van der Waals surface area contributed by atoms with Crippen LogP contribution in [0.4, 0.5) is 17.1 Å². The zero-order chi connectivity index (χ0) is 43.1. The minimum absolute atomic E-state index is 0.0240. The molecule has 318 valence electrons. The van der Waals surface area contributed by atoms with Gasteiger partial charge in [0.25, 0.3) is 21.6 Å². The van der Waals surface area contributed by atoms with Crippen molar-refractivity contribution < 1.29 is 27.6 Å². The van der Waals surface area contributed by atoms with E-state index >= 15 is 0 Å². The molecule has 8 rings (SSSR count). The Bertz CT molecular complexity index is 2650. The van der Waals surface area contributed by atoms with Crippen molar-refractivity contribution in [1.29, 1.82) is 0 Å². The van der Waals surface area contributed by atoms with Gasteiger partial charge >= 0.3 is 0 Å². The standard InChI is InChI=1S/C48H46ClN5O7S/c49-39-15-13-36(14-16-39)43-12-5-4-9-38(43)33-52-23-25-53(26-24-52)40-17-19-44(47(30-40)61-41-11-6-10-37(29-41)35-7-2-1-3-8-35)48(55)51-62(58,59)42-18-20-45(46(31-42)54(56)57)50-32-34-21-27-60-28-22-34/h1-20,29-31,34,50H,21-28,32-33H2,(H,51,55). The molecule has 62 heavy (non-hydrogen) atoms. The van der Waals surface area contributed by atoms with Crippen LogP contribution in [-0.2, 0) is 21.3 Å². The Balaban J connectivity index is 1.02. The number of carbonyl (C=O) groups excluding carboxylic acids is 1. The average Bonchev–Trinajstić information content (AvgIpc) is 3.29. The van der Waals surface area contributed by atoms with Crippen molar-refractivity contribution in [3.8, 4) is 33.8 Å². The van der Waals surface area contributed by atoms with Gasteiger partial charge < -0.3 is 19.7 Å². The van der Waals surface area contributed by atoms with Crippen LogP contribution in [0.2, 0.25) is 5.02 Å². The van der Waals surface area contributed by atoms with Gasteiger partial charge in [0.05, 0.1) is 15.4 Å². The van der Waals surface area contributed by atoms with Crippen molar-refractivity contribution in [2.75, 3.05) is 56.2 Å². The topological polar surface area (TPSA) is 143 Å². The third-order valence-corrected chi connectivity index (χ3v) is 12.9. The SMILES string of the molecule is O=C(NS(=O)(=O)c1ccc(NCC2CCOCC2)c([N+](=O)[O-])c1)c1ccc(N2CCN(Cc3ccccc3-c3ccc(Cl)cc3)CC2)cc1Oc1cccc(-c2ccccc2)c1. The number of hydrogen-bond donors (Lipinski definition) is 2. The molecule has 6 aromatic carbocycles. The van der Waals surface area contributed by atoms with Gasteiger partial charge in [0.1, 0.15) is 17.2 Å². The fourth-order valence-electron chi connectivity index (χ4n) is 7.87. The number of rotatable bonds is 14. The molecule has 2 heterocycles. The van der Waals surface area contributed by atoms with Gasteiger partial charge in [-0.2, -0.15) is 0 Å². The number of sulfonamides is 1. The summed E-state index contributed by atoms with van der Waals surface area (Å²) in [6.45, 7) is 5.46. The molecule has 2 aliphatic rings. The second-order valence-electron chi connectivity index (χ2n) is 15.4. The number of nitrogens with one attached hydrogen (secondary N) is 2. The van der Waals surface area contributed by atoms with E-state index in [4.69, 9.17) is 21.1 Å². The second kappa shape index (κ2) is 19.2. The summed E-state index contributed by atoms with van der Waals surface area (Å²) in [6, 6.07) is 42.1. The largest absolute Gasteiger partial charge is 0.456 e. The molecule has 2 aliphatic heterocycles. The summed E-state index contributed by atoms with van der Waals surface area (Å²) in [5.74, 6) is -0.0736. The number of halogens is 1. The first kappa shape index (κ1) is 42.4. The lowest BCUT2D eigenvalue weighted by Gasteiger charge is -2.36. The van der Waals surface area contributed by atoms with Gasteiger partial charge in [0.15, 0.2) is 0 Å². The van der Waals surface area contributed by atoms with E-state index in [1.807, 2.05) is 78.9 Å². The molecule has 0 atom stereocenters. The summed E-state index contributed by atoms with van der Waals surface area (Å²) >= 11 is 6.17. The third kappa shape index (κ3) is 10.3. The summed E-state index contributed by atoms with van der Waals surface area (Å²) < 4.78 is 41.4. The quantitative estimate of drug-likeness (QED) is 0.0803. The summed E-state index contributed by atoms with van der Waals surface area (Å²) in [5, 5.41) is 15.9. The van der Waals surface area contributed by atoms with Crippen molar-refractivity contribution in [3.63, 3.8) is 0 Å². The zero-order valence-electron chi connectivity index (χ0n) is 33.9. The van der Waals surface area contributed by atoms with E-state index in [0.29, 0.717) is 43.6 Å². The molecule has 0 radical (unpaired) electrons. The molecular formula is C48H46ClN5O7S. The lowest BCUT2D eigenvalue weighted by atomic mass is 9.99. The molecule has 0 unspecified atom stereocenters. The van der Waals surface area contributed by atoms with Crippen LogP contribution in [0.3, 0.4) is 0 Å². The van der Waals surface area contributed by atoms with Crippen molar-refractivity contribution in [3.05, 3.63) is 166 Å². The van der Waals surface area contributed by atoms with E-state index in [-0.39, 0.29) is 22.9 Å². The van der Waals surface area contributed by atoms with Crippen LogP contribution in [0.25, 0.3) is 22.3 Å². The molecule has 0 bridgehead atoms. The third-order valence-electron chi connectivity index (χ3n) is 11.3. The molecule has 2 saturated heterocycles. The second-order valence-corrected chi connectivity index (χ2v) is 17.5. The number of piperazine rings is 1. The maximum Gasteiger partial charge on any atom is 0.293 e. The number of ether oxygens (including phenoxy) is 2. The van der Waals surface area contributed by atoms with Crippen LogP contribution in [0.5, 0.6) is 11.5 Å². The van der Waals surface area contributed by atoms with Crippen LogP contribution in [0.15, 0.2) is 144 Å². The van der Waals surface area contributed by atoms with Crippen LogP contribution in [-0.4, -0.2) is 70.1 Å². The first-order valence-corrected chi connectivity index (χ1v) is 22.4. The van der Waals surface area contributed by atoms with Gasteiger partial charge in [0.2, 0.25) is 0 Å². The number of nitro benzene ring substituents is 1. The van der Waals surface area contributed by atoms with Crippen LogP contribution < -0.4 is 19.7 Å². The number of nitro groups is 1. The number of carbonyl (C=O) groups is 1. The highest BCUT2D eigenvalue weighted by atomic mass is 35.5. The van der Waals surface area contributed by atoms with Crippen molar-refractivity contribution in [2.45, 2.75) is 24.3 Å². The summed E-state index contributed by atoms with van der Waals surface area (Å²) in [6.07, 6.45) is 1.64. The maximum absolute atomic E-state index is 14.0. The summed E-state index contributed by atoms with van der Waals surface area (Å²) in [5.41, 5.74) is 5.92. The molecule has 0 spiro atoms. The first-order valence-electron chi connectivity index (χ1n) is 20.6. The minimum atomic E-state index is -4.56. The van der Waals surface area contributed by atoms with Gasteiger partial charge in [-0.15, -0.1) is 0 Å². The molecule has 2 N–H and O–H groups in total. The molecule has 6 aromatic rings. The van der Waals surface area contributed by atoms with Gasteiger partial charge in [-0.25, -0.2) is 13.1 Å². The predicted molar refractivity (Wildman–Crippen MR) is 243 cm³/mol. The minimum Gasteiger partial charge on any atom is -0.456 e. The Hall–Kier alpha value is -6.25. The van der Waals surface area contributed by atoms with Crippen molar-refractivity contribution in [2.24, 2.45) is 5.92 Å². The smallest absolute Gasteiger partial charge is 0.293 e. The fourth-order valence-corrected chi connectivity index (χ4v) is 8.98. The van der Waals surface area contributed by atoms with Crippen molar-refractivity contribution in [1.82, 2.24) is 9.62 Å². The molecule has 12 nitrogen and oxygen atoms in total. The van der Waals surface area contributed by atoms with E-state index in [1.54, 1.807) is 24.3 Å². The molecule has 0 saturated carbocycles. The highest BCUT2D eigenvalue weighted by Gasteiger charge is 2.27. The van der Waals surface area contributed by atoms with E-state index in [2.05, 4.69) is 38.0 Å². The van der Waals surface area contributed by atoms with E-state index in [9.17, 15) is 23.3 Å². The van der Waals surface area contributed by atoms with Gasteiger partial charge in [-0.1, -0.05) is 90.5 Å². The Morgan fingerprint density at radius 3 is 2.27 bits per heavy atom. The van der Waals surface area contributed by atoms with E-state index in [0.717, 1.165) is 66.5 Å². The van der Waals surface area contributed by atoms with E-state index < -0.39 is 31.4 Å². The number of anilines is 2. The van der Waals surface area contributed by atoms with Crippen LogP contribution in [0.1, 0.15) is 28.8 Å². The fraction of sp³-hybridized carbons (Fsp3) is 0.229. The lowest BCUT2D eigenvalue weighted by Crippen LogP contribution is -2.46. The van der Waals surface area contributed by atoms with Crippen LogP contribution in [0, 0.1) is 16.0 Å². The van der Waals surface area contributed by atoms with Gasteiger partial charge in [-0.3, -0.25) is 19.8 Å². The maximum atomic E-state index is 14.0. The highest BCUT2D eigenvalue weighted by Crippen LogP contribution is 2.35. The Labute approximate surface area is 366 Å².